The molecule has 1 aromatic carbocycles. The number of hydrogen-bond acceptors (Lipinski definition) is 3. The van der Waals surface area contributed by atoms with Crippen LogP contribution in [0.5, 0.6) is 0 Å². The first-order valence-electron chi connectivity index (χ1n) is 6.12. The Hall–Kier alpha value is -2.65. The first-order chi connectivity index (χ1) is 10.7. The van der Waals surface area contributed by atoms with Crippen molar-refractivity contribution in [1.29, 1.82) is 0 Å². The van der Waals surface area contributed by atoms with Crippen LogP contribution >= 0.6 is 0 Å². The zero-order valence-corrected chi connectivity index (χ0v) is 11.0. The van der Waals surface area contributed by atoms with Gasteiger partial charge in [-0.15, -0.1) is 10.2 Å². The summed E-state index contributed by atoms with van der Waals surface area (Å²) in [5.41, 5.74) is -1.41. The molecule has 0 saturated carbocycles. The Morgan fingerprint density at radius 1 is 0.957 bits per heavy atom. The van der Waals surface area contributed by atoms with Gasteiger partial charge < -0.3 is 0 Å². The number of aromatic nitrogens is 4. The van der Waals surface area contributed by atoms with Crippen LogP contribution in [0.4, 0.5) is 26.3 Å². The Bertz CT molecular complexity index is 853. The number of nitrogens with zero attached hydrogens (tertiary/aromatic N) is 4. The molecule has 2 aromatic heterocycles. The molecule has 0 aliphatic heterocycles. The molecule has 0 saturated heterocycles. The number of hydrogen-bond donors (Lipinski definition) is 0. The van der Waals surface area contributed by atoms with Gasteiger partial charge in [0.1, 0.15) is 17.8 Å². The van der Waals surface area contributed by atoms with Gasteiger partial charge in [0.15, 0.2) is 5.65 Å². The molecule has 0 aliphatic rings. The van der Waals surface area contributed by atoms with Crippen molar-refractivity contribution < 1.29 is 26.3 Å². The van der Waals surface area contributed by atoms with Crippen LogP contribution in [0.2, 0.25) is 0 Å². The Kier molecular flexibility index (Phi) is 3.27. The van der Waals surface area contributed by atoms with Crippen LogP contribution in [0.1, 0.15) is 5.69 Å². The molecule has 0 radical (unpaired) electrons. The lowest BCUT2D eigenvalue weighted by atomic mass is 10.0. The summed E-state index contributed by atoms with van der Waals surface area (Å²) in [5.74, 6) is -5.73. The summed E-state index contributed by atoms with van der Waals surface area (Å²) in [4.78, 5) is 0. The largest absolute Gasteiger partial charge is 0.459 e. The molecule has 0 amide bonds. The smallest absolute Gasteiger partial charge is 0.207 e. The maximum Gasteiger partial charge on any atom is 0.459 e. The minimum absolute atomic E-state index is 0.0293. The molecule has 0 bridgehead atoms. The van der Waals surface area contributed by atoms with E-state index in [9.17, 15) is 26.3 Å². The molecule has 23 heavy (non-hydrogen) atoms. The highest BCUT2D eigenvalue weighted by atomic mass is 19.4. The molecular formula is C13H6F6N4. The number of benzene rings is 1. The molecule has 10 heteroatoms. The zero-order chi connectivity index (χ0) is 16.8. The van der Waals surface area contributed by atoms with E-state index in [0.29, 0.717) is 10.6 Å². The lowest BCUT2D eigenvalue weighted by Crippen LogP contribution is -2.35. The third-order valence-corrected chi connectivity index (χ3v) is 3.10. The van der Waals surface area contributed by atoms with Gasteiger partial charge in [0, 0.05) is 5.56 Å². The Morgan fingerprint density at radius 3 is 2.22 bits per heavy atom. The van der Waals surface area contributed by atoms with E-state index in [1.54, 1.807) is 0 Å². The van der Waals surface area contributed by atoms with Crippen LogP contribution in [0, 0.1) is 5.82 Å². The number of fused-ring (bicyclic) bond motifs is 1. The molecular weight excluding hydrogens is 326 g/mol. The third kappa shape index (κ3) is 2.49. The van der Waals surface area contributed by atoms with Crippen LogP contribution in [0.15, 0.2) is 36.7 Å². The van der Waals surface area contributed by atoms with E-state index < -0.39 is 23.6 Å². The molecule has 0 aliphatic carbocycles. The average molecular weight is 332 g/mol. The molecule has 0 fully saturated rings. The van der Waals surface area contributed by atoms with Gasteiger partial charge in [0.25, 0.3) is 0 Å². The van der Waals surface area contributed by atoms with Crippen LogP contribution in [-0.2, 0) is 5.92 Å². The van der Waals surface area contributed by atoms with Crippen molar-refractivity contribution in [3.8, 4) is 11.1 Å². The lowest BCUT2D eigenvalue weighted by molar-refractivity contribution is -0.291. The Balaban J connectivity index is 2.26. The standard InChI is InChI=1S/C13H6F6N4/c14-8-3-1-7(2-4-8)9-5-10(12(15,16)13(17,18)19)22-23-6-20-21-11(9)23/h1-6H. The summed E-state index contributed by atoms with van der Waals surface area (Å²) in [5, 5.41) is 10.3. The highest BCUT2D eigenvalue weighted by Crippen LogP contribution is 2.43. The van der Waals surface area contributed by atoms with Crippen molar-refractivity contribution in [2.45, 2.75) is 12.1 Å². The van der Waals surface area contributed by atoms with Crippen molar-refractivity contribution in [1.82, 2.24) is 19.8 Å². The van der Waals surface area contributed by atoms with E-state index in [1.807, 2.05) is 0 Å². The summed E-state index contributed by atoms with van der Waals surface area (Å²) in [6, 6.07) is 5.13. The van der Waals surface area contributed by atoms with Crippen LogP contribution in [0.3, 0.4) is 0 Å². The topological polar surface area (TPSA) is 43.1 Å². The van der Waals surface area contributed by atoms with Gasteiger partial charge in [-0.3, -0.25) is 0 Å². The van der Waals surface area contributed by atoms with Crippen LogP contribution in [-0.4, -0.2) is 26.0 Å². The first kappa shape index (κ1) is 15.3. The van der Waals surface area contributed by atoms with Crippen LogP contribution in [0.25, 0.3) is 16.8 Å². The first-order valence-corrected chi connectivity index (χ1v) is 6.12. The quantitative estimate of drug-likeness (QED) is 0.674. The minimum Gasteiger partial charge on any atom is -0.207 e. The summed E-state index contributed by atoms with van der Waals surface area (Å²) in [6.07, 6.45) is -4.90. The van der Waals surface area contributed by atoms with E-state index in [2.05, 4.69) is 15.3 Å². The van der Waals surface area contributed by atoms with Gasteiger partial charge >= 0.3 is 12.1 Å². The van der Waals surface area contributed by atoms with E-state index in [0.717, 1.165) is 18.5 Å². The van der Waals surface area contributed by atoms with E-state index in [4.69, 9.17) is 0 Å². The molecule has 3 rings (SSSR count). The minimum atomic E-state index is -5.80. The molecule has 0 spiro atoms. The fraction of sp³-hybridized carbons (Fsp3) is 0.154. The molecule has 2 heterocycles. The number of rotatable bonds is 2. The van der Waals surface area contributed by atoms with Gasteiger partial charge in [-0.05, 0) is 23.8 Å². The number of alkyl halides is 5. The SMILES string of the molecule is Fc1ccc(-c2cc(C(F)(F)C(F)(F)F)nn3cnnc23)cc1. The van der Waals surface area contributed by atoms with E-state index in [1.165, 1.54) is 12.1 Å². The second-order valence-electron chi connectivity index (χ2n) is 4.62. The predicted molar refractivity (Wildman–Crippen MR) is 66.1 cm³/mol. The van der Waals surface area contributed by atoms with Crippen LogP contribution < -0.4 is 0 Å². The lowest BCUT2D eigenvalue weighted by Gasteiger charge is -2.19. The highest BCUT2D eigenvalue weighted by molar-refractivity contribution is 5.77. The van der Waals surface area contributed by atoms with Gasteiger partial charge in [-0.2, -0.15) is 31.6 Å². The van der Waals surface area contributed by atoms with E-state index in [-0.39, 0.29) is 16.8 Å². The second kappa shape index (κ2) is 4.93. The maximum atomic E-state index is 13.6. The fourth-order valence-corrected chi connectivity index (χ4v) is 1.97. The summed E-state index contributed by atoms with van der Waals surface area (Å²) < 4.78 is 78.4. The summed E-state index contributed by atoms with van der Waals surface area (Å²) >= 11 is 0. The molecule has 4 nitrogen and oxygen atoms in total. The van der Waals surface area contributed by atoms with E-state index >= 15 is 0 Å². The fourth-order valence-electron chi connectivity index (χ4n) is 1.97. The van der Waals surface area contributed by atoms with Gasteiger partial charge in [-0.1, -0.05) is 12.1 Å². The van der Waals surface area contributed by atoms with Gasteiger partial charge in [-0.25, -0.2) is 4.39 Å². The zero-order valence-electron chi connectivity index (χ0n) is 11.0. The number of halogens is 6. The molecule has 0 unspecified atom stereocenters. The third-order valence-electron chi connectivity index (χ3n) is 3.10. The maximum absolute atomic E-state index is 13.6. The molecule has 3 aromatic rings. The molecule has 0 atom stereocenters. The Labute approximate surface area is 124 Å². The predicted octanol–water partition coefficient (Wildman–Crippen LogP) is 3.58. The summed E-state index contributed by atoms with van der Waals surface area (Å²) in [6.45, 7) is 0. The monoisotopic (exact) mass is 332 g/mol. The van der Waals surface area contributed by atoms with Crippen molar-refractivity contribution in [2.75, 3.05) is 0 Å². The second-order valence-corrected chi connectivity index (χ2v) is 4.62. The summed E-state index contributed by atoms with van der Waals surface area (Å²) in [7, 11) is 0. The van der Waals surface area contributed by atoms with Gasteiger partial charge in [0.05, 0.1) is 0 Å². The average Bonchev–Trinajstić information content (AvgIpc) is 2.94. The Morgan fingerprint density at radius 2 is 1.61 bits per heavy atom. The molecule has 0 N–H and O–H groups in total. The van der Waals surface area contributed by atoms with Crippen molar-refractivity contribution in [3.63, 3.8) is 0 Å². The highest BCUT2D eigenvalue weighted by Gasteiger charge is 2.60. The van der Waals surface area contributed by atoms with Crippen molar-refractivity contribution in [2.24, 2.45) is 0 Å². The molecule has 120 valence electrons. The normalized spacial score (nSPS) is 12.8. The van der Waals surface area contributed by atoms with Crippen molar-refractivity contribution in [3.05, 3.63) is 48.2 Å². The van der Waals surface area contributed by atoms with Crippen molar-refractivity contribution >= 4 is 5.65 Å². The van der Waals surface area contributed by atoms with Gasteiger partial charge in [0.2, 0.25) is 0 Å².